The first-order valence-electron chi connectivity index (χ1n) is 16.1. The quantitative estimate of drug-likeness (QED) is 0.134. The fraction of sp³-hybridized carbons (Fsp3) is 0.0698. The van der Waals surface area contributed by atoms with Crippen molar-refractivity contribution in [2.75, 3.05) is 0 Å². The molecule has 6 nitrogen and oxygen atoms in total. The van der Waals surface area contributed by atoms with Crippen LogP contribution in [0, 0.1) is 6.92 Å². The SMILES string of the molecule is Cc1ccccc1.O=C(c1ccc2ccccc2c1-c1c(C(=O)N(O)Cc2ccccc2)ccc2ccccc12)N(O)Cc1ccccc1. The van der Waals surface area contributed by atoms with Gasteiger partial charge in [0, 0.05) is 11.1 Å². The molecule has 0 aliphatic carbocycles. The Labute approximate surface area is 285 Å². The molecule has 0 aliphatic heterocycles. The van der Waals surface area contributed by atoms with Crippen LogP contribution in [-0.4, -0.2) is 32.4 Å². The molecule has 7 aromatic rings. The molecule has 7 rings (SSSR count). The number of fused-ring (bicyclic) bond motifs is 2. The van der Waals surface area contributed by atoms with E-state index in [1.54, 1.807) is 12.1 Å². The average Bonchev–Trinajstić information content (AvgIpc) is 3.14. The maximum atomic E-state index is 13.9. The van der Waals surface area contributed by atoms with E-state index < -0.39 is 11.8 Å². The Morgan fingerprint density at radius 2 is 0.796 bits per heavy atom. The average molecular weight is 645 g/mol. The second kappa shape index (κ2) is 15.2. The van der Waals surface area contributed by atoms with Gasteiger partial charge in [0.25, 0.3) is 11.8 Å². The first kappa shape index (κ1) is 32.8. The van der Waals surface area contributed by atoms with Crippen molar-refractivity contribution >= 4 is 33.4 Å². The normalized spacial score (nSPS) is 10.7. The molecule has 2 amide bonds. The summed E-state index contributed by atoms with van der Waals surface area (Å²) in [5.41, 5.74) is 4.37. The lowest BCUT2D eigenvalue weighted by Crippen LogP contribution is -2.29. The summed E-state index contributed by atoms with van der Waals surface area (Å²) < 4.78 is 0. The van der Waals surface area contributed by atoms with Crippen LogP contribution in [-0.2, 0) is 13.1 Å². The van der Waals surface area contributed by atoms with Crippen LogP contribution in [0.2, 0.25) is 0 Å². The lowest BCUT2D eigenvalue weighted by atomic mass is 9.86. The second-order valence-corrected chi connectivity index (χ2v) is 11.8. The monoisotopic (exact) mass is 644 g/mol. The van der Waals surface area contributed by atoms with Crippen LogP contribution in [0.3, 0.4) is 0 Å². The Morgan fingerprint density at radius 3 is 1.16 bits per heavy atom. The summed E-state index contributed by atoms with van der Waals surface area (Å²) in [5, 5.41) is 26.6. The van der Waals surface area contributed by atoms with Crippen molar-refractivity contribution in [1.82, 2.24) is 10.1 Å². The van der Waals surface area contributed by atoms with Crippen molar-refractivity contribution in [1.29, 1.82) is 0 Å². The number of amides is 2. The molecule has 0 spiro atoms. The van der Waals surface area contributed by atoms with E-state index in [9.17, 15) is 20.0 Å². The van der Waals surface area contributed by atoms with Gasteiger partial charge in [-0.3, -0.25) is 20.0 Å². The minimum atomic E-state index is -0.601. The van der Waals surface area contributed by atoms with E-state index in [2.05, 4.69) is 19.1 Å². The molecule has 49 heavy (non-hydrogen) atoms. The summed E-state index contributed by atoms with van der Waals surface area (Å²) in [4.78, 5) is 27.8. The van der Waals surface area contributed by atoms with Gasteiger partial charge >= 0.3 is 0 Å². The van der Waals surface area contributed by atoms with Crippen LogP contribution in [0.5, 0.6) is 0 Å². The molecule has 0 aliphatic rings. The van der Waals surface area contributed by atoms with Crippen molar-refractivity contribution in [3.8, 4) is 11.1 Å². The molecule has 0 saturated carbocycles. The lowest BCUT2D eigenvalue weighted by molar-refractivity contribution is -0.0649. The number of nitrogens with zero attached hydrogens (tertiary/aromatic N) is 2. The van der Waals surface area contributed by atoms with E-state index in [1.807, 2.05) is 140 Å². The summed E-state index contributed by atoms with van der Waals surface area (Å²) in [6, 6.07) is 51.0. The highest BCUT2D eigenvalue weighted by molar-refractivity contribution is 6.18. The number of benzene rings is 7. The molecule has 0 heterocycles. The van der Waals surface area contributed by atoms with E-state index in [4.69, 9.17) is 0 Å². The Hall–Kier alpha value is -6.08. The standard InChI is InChI=1S/C36H28N2O4.C7H8/c39-35(37(41)23-25-11-3-1-4-12-25)31-21-19-27-15-7-9-17-29(27)33(31)34-30-18-10-8-16-28(30)20-22-32(34)36(40)38(42)24-26-13-5-2-6-14-26;1-7-5-3-2-4-6-7/h1-22,41-42H,23-24H2;2-6H,1H3. The summed E-state index contributed by atoms with van der Waals surface area (Å²) >= 11 is 0. The molecular formula is C43H36N2O4. The van der Waals surface area contributed by atoms with Crippen LogP contribution < -0.4 is 0 Å². The molecule has 0 aromatic heterocycles. The highest BCUT2D eigenvalue weighted by atomic mass is 16.5. The topological polar surface area (TPSA) is 81.1 Å². The van der Waals surface area contributed by atoms with Crippen molar-refractivity contribution < 1.29 is 20.0 Å². The minimum Gasteiger partial charge on any atom is -0.285 e. The van der Waals surface area contributed by atoms with Crippen LogP contribution in [0.15, 0.2) is 164 Å². The zero-order valence-electron chi connectivity index (χ0n) is 27.1. The fourth-order valence-corrected chi connectivity index (χ4v) is 5.91. The lowest BCUT2D eigenvalue weighted by Gasteiger charge is -2.23. The Kier molecular flexibility index (Phi) is 10.2. The van der Waals surface area contributed by atoms with Crippen LogP contribution in [0.4, 0.5) is 0 Å². The van der Waals surface area contributed by atoms with E-state index >= 15 is 0 Å². The second-order valence-electron chi connectivity index (χ2n) is 11.8. The third-order valence-corrected chi connectivity index (χ3v) is 8.33. The third kappa shape index (κ3) is 7.57. The number of aryl methyl sites for hydroxylation is 1. The number of hydrogen-bond donors (Lipinski definition) is 2. The van der Waals surface area contributed by atoms with Crippen molar-refractivity contribution in [3.05, 3.63) is 192 Å². The molecule has 6 heteroatoms. The highest BCUT2D eigenvalue weighted by Gasteiger charge is 2.27. The van der Waals surface area contributed by atoms with Crippen LogP contribution in [0.1, 0.15) is 37.4 Å². The largest absolute Gasteiger partial charge is 0.285 e. The molecule has 0 bridgehead atoms. The smallest absolute Gasteiger partial charge is 0.278 e. The molecule has 242 valence electrons. The van der Waals surface area contributed by atoms with Gasteiger partial charge in [-0.2, -0.15) is 0 Å². The third-order valence-electron chi connectivity index (χ3n) is 8.33. The van der Waals surface area contributed by atoms with E-state index in [0.717, 1.165) is 32.7 Å². The number of carbonyl (C=O) groups is 2. The van der Waals surface area contributed by atoms with Gasteiger partial charge in [0.2, 0.25) is 0 Å². The maximum Gasteiger partial charge on any atom is 0.278 e. The Bertz CT molecular complexity index is 2060. The van der Waals surface area contributed by atoms with Gasteiger partial charge in [-0.05, 0) is 51.7 Å². The molecule has 0 fully saturated rings. The van der Waals surface area contributed by atoms with Crippen molar-refractivity contribution in [2.24, 2.45) is 0 Å². The first-order valence-corrected chi connectivity index (χ1v) is 16.1. The predicted molar refractivity (Wildman–Crippen MR) is 194 cm³/mol. The Balaban J connectivity index is 0.000000531. The van der Waals surface area contributed by atoms with E-state index in [0.29, 0.717) is 21.3 Å². The molecule has 0 atom stereocenters. The van der Waals surface area contributed by atoms with E-state index in [1.165, 1.54) is 5.56 Å². The minimum absolute atomic E-state index is 0.00520. The summed E-state index contributed by atoms with van der Waals surface area (Å²) in [6.45, 7) is 2.07. The zero-order chi connectivity index (χ0) is 34.2. The number of hydroxylamine groups is 4. The number of carbonyl (C=O) groups excluding carboxylic acids is 2. The highest BCUT2D eigenvalue weighted by Crippen LogP contribution is 2.40. The number of hydrogen-bond acceptors (Lipinski definition) is 4. The van der Waals surface area contributed by atoms with E-state index in [-0.39, 0.29) is 24.2 Å². The van der Waals surface area contributed by atoms with Gasteiger partial charge < -0.3 is 0 Å². The van der Waals surface area contributed by atoms with Crippen LogP contribution in [0.25, 0.3) is 32.7 Å². The zero-order valence-corrected chi connectivity index (χ0v) is 27.1. The Morgan fingerprint density at radius 1 is 0.449 bits per heavy atom. The van der Waals surface area contributed by atoms with Gasteiger partial charge in [-0.15, -0.1) is 0 Å². The summed E-state index contributed by atoms with van der Waals surface area (Å²) in [5.74, 6) is -1.20. The van der Waals surface area contributed by atoms with Gasteiger partial charge in [0.05, 0.1) is 24.2 Å². The van der Waals surface area contributed by atoms with Gasteiger partial charge in [0.1, 0.15) is 0 Å². The molecule has 0 unspecified atom stereocenters. The van der Waals surface area contributed by atoms with Crippen molar-refractivity contribution in [3.63, 3.8) is 0 Å². The maximum absolute atomic E-state index is 13.9. The van der Waals surface area contributed by atoms with Gasteiger partial charge in [-0.1, -0.05) is 157 Å². The molecular weight excluding hydrogens is 608 g/mol. The molecule has 0 radical (unpaired) electrons. The molecule has 2 N–H and O–H groups in total. The molecule has 7 aromatic carbocycles. The summed E-state index contributed by atoms with van der Waals surface area (Å²) in [6.07, 6.45) is 0. The number of rotatable bonds is 7. The molecule has 0 saturated heterocycles. The van der Waals surface area contributed by atoms with Crippen LogP contribution >= 0.6 is 0 Å². The fourth-order valence-electron chi connectivity index (χ4n) is 5.91. The first-order chi connectivity index (χ1) is 23.9. The predicted octanol–water partition coefficient (Wildman–Crippen LogP) is 9.72. The van der Waals surface area contributed by atoms with Gasteiger partial charge in [0.15, 0.2) is 0 Å². The summed E-state index contributed by atoms with van der Waals surface area (Å²) in [7, 11) is 0. The van der Waals surface area contributed by atoms with Gasteiger partial charge in [-0.25, -0.2) is 10.1 Å². The van der Waals surface area contributed by atoms with Crippen molar-refractivity contribution in [2.45, 2.75) is 20.0 Å².